The van der Waals surface area contributed by atoms with Crippen LogP contribution in [0.15, 0.2) is 18.2 Å². The molecule has 1 rings (SSSR count). The first-order valence-electron chi connectivity index (χ1n) is 6.96. The van der Waals surface area contributed by atoms with Gasteiger partial charge in [0.15, 0.2) is 5.78 Å². The van der Waals surface area contributed by atoms with Gasteiger partial charge in [-0.15, -0.1) is 0 Å². The van der Waals surface area contributed by atoms with Crippen LogP contribution < -0.4 is 4.74 Å². The fourth-order valence-corrected chi connectivity index (χ4v) is 2.20. The number of benzene rings is 1. The van der Waals surface area contributed by atoms with Gasteiger partial charge in [0, 0.05) is 0 Å². The fraction of sp³-hybridized carbons (Fsp3) is 0.562. The summed E-state index contributed by atoms with van der Waals surface area (Å²) in [5.74, 6) is 0.812. The average Bonchev–Trinajstić information content (AvgIpc) is 2.34. The molecule has 0 bridgehead atoms. The number of ether oxygens (including phenoxy) is 1. The van der Waals surface area contributed by atoms with Gasteiger partial charge >= 0.3 is 0 Å². The molecule has 0 atom stereocenters. The van der Waals surface area contributed by atoms with Crippen molar-refractivity contribution in [1.29, 1.82) is 0 Å². The van der Waals surface area contributed by atoms with E-state index in [1.54, 1.807) is 6.92 Å². The van der Waals surface area contributed by atoms with E-state index in [4.69, 9.17) is 4.74 Å². The molecule has 3 heteroatoms. The van der Waals surface area contributed by atoms with Crippen molar-refractivity contribution in [2.75, 3.05) is 27.2 Å². The van der Waals surface area contributed by atoms with E-state index >= 15 is 0 Å². The number of unbranched alkanes of at least 4 members (excludes halogenated alkanes) is 1. The second-order valence-electron chi connectivity index (χ2n) is 5.04. The Balaban J connectivity index is 2.76. The lowest BCUT2D eigenvalue weighted by Crippen LogP contribution is -2.13. The Morgan fingerprint density at radius 3 is 2.58 bits per heavy atom. The van der Waals surface area contributed by atoms with Crippen LogP contribution in [-0.2, 0) is 6.42 Å². The van der Waals surface area contributed by atoms with Gasteiger partial charge in [-0.25, -0.2) is 0 Å². The summed E-state index contributed by atoms with van der Waals surface area (Å²) in [5.41, 5.74) is 1.87. The monoisotopic (exact) mass is 263 g/mol. The van der Waals surface area contributed by atoms with Gasteiger partial charge in [-0.05, 0) is 65.4 Å². The molecule has 0 aliphatic heterocycles. The predicted octanol–water partition coefficient (Wildman–Crippen LogP) is 3.17. The highest BCUT2D eigenvalue weighted by Gasteiger charge is 2.13. The van der Waals surface area contributed by atoms with Crippen molar-refractivity contribution in [3.8, 4) is 5.75 Å². The lowest BCUT2D eigenvalue weighted by Gasteiger charge is -2.13. The molecule has 0 saturated heterocycles. The molecule has 0 aliphatic rings. The summed E-state index contributed by atoms with van der Waals surface area (Å²) in [6, 6.07) is 5.89. The van der Waals surface area contributed by atoms with E-state index < -0.39 is 0 Å². The molecular formula is C16H25NO2. The molecule has 0 fully saturated rings. The van der Waals surface area contributed by atoms with Crippen molar-refractivity contribution in [3.05, 3.63) is 29.3 Å². The lowest BCUT2D eigenvalue weighted by molar-refractivity contribution is 0.101. The quantitative estimate of drug-likeness (QED) is 0.533. The van der Waals surface area contributed by atoms with E-state index in [2.05, 4.69) is 19.0 Å². The summed E-state index contributed by atoms with van der Waals surface area (Å²) in [7, 11) is 4.16. The Morgan fingerprint density at radius 2 is 2.00 bits per heavy atom. The molecule has 106 valence electrons. The minimum absolute atomic E-state index is 0.0895. The molecular weight excluding hydrogens is 238 g/mol. The molecule has 0 aliphatic carbocycles. The molecule has 0 amide bonds. The largest absolute Gasteiger partial charge is 0.493 e. The van der Waals surface area contributed by atoms with Gasteiger partial charge in [0.1, 0.15) is 5.75 Å². The molecule has 0 radical (unpaired) electrons. The minimum Gasteiger partial charge on any atom is -0.493 e. The third-order valence-electron chi connectivity index (χ3n) is 3.07. The number of nitrogens with zero attached hydrogens (tertiary/aromatic N) is 1. The first kappa shape index (κ1) is 15.7. The molecule has 1 aromatic rings. The summed E-state index contributed by atoms with van der Waals surface area (Å²) in [5, 5.41) is 0. The van der Waals surface area contributed by atoms with Gasteiger partial charge in [0.05, 0.1) is 12.2 Å². The molecule has 0 aromatic heterocycles. The van der Waals surface area contributed by atoms with Crippen molar-refractivity contribution in [3.63, 3.8) is 0 Å². The number of Topliss-reactive ketones (excluding diaryl/α,β-unsaturated/α-hetero) is 1. The summed E-state index contributed by atoms with van der Waals surface area (Å²) in [6.07, 6.45) is 3.17. The molecule has 0 unspecified atom stereocenters. The zero-order valence-electron chi connectivity index (χ0n) is 12.5. The third-order valence-corrected chi connectivity index (χ3v) is 3.07. The van der Waals surface area contributed by atoms with Gasteiger partial charge in [-0.2, -0.15) is 0 Å². The van der Waals surface area contributed by atoms with Crippen LogP contribution in [-0.4, -0.2) is 37.9 Å². The fourth-order valence-electron chi connectivity index (χ4n) is 2.20. The standard InChI is InChI=1S/C16H25NO2/c1-5-19-15-11-8-10-14(16(15)13(2)18)9-6-7-12-17(3)4/h8,10-11H,5-7,9,12H2,1-4H3. The van der Waals surface area contributed by atoms with Crippen molar-refractivity contribution in [1.82, 2.24) is 4.90 Å². The van der Waals surface area contributed by atoms with Crippen LogP contribution in [0.4, 0.5) is 0 Å². The Hall–Kier alpha value is -1.35. The number of hydrogen-bond acceptors (Lipinski definition) is 3. The van der Waals surface area contributed by atoms with Crippen molar-refractivity contribution < 1.29 is 9.53 Å². The molecule has 0 N–H and O–H groups in total. The van der Waals surface area contributed by atoms with Crippen molar-refractivity contribution in [2.24, 2.45) is 0 Å². The topological polar surface area (TPSA) is 29.5 Å². The smallest absolute Gasteiger partial charge is 0.163 e. The summed E-state index contributed by atoms with van der Waals surface area (Å²) >= 11 is 0. The molecule has 0 saturated carbocycles. The minimum atomic E-state index is 0.0895. The molecule has 1 aromatic carbocycles. The van der Waals surface area contributed by atoms with Crippen LogP contribution in [0.3, 0.4) is 0 Å². The number of aryl methyl sites for hydroxylation is 1. The number of carbonyl (C=O) groups excluding carboxylic acids is 1. The van der Waals surface area contributed by atoms with Crippen LogP contribution in [0.25, 0.3) is 0 Å². The lowest BCUT2D eigenvalue weighted by atomic mass is 9.98. The number of carbonyl (C=O) groups is 1. The van der Waals surface area contributed by atoms with Gasteiger partial charge in [0.25, 0.3) is 0 Å². The second kappa shape index (κ2) is 7.95. The number of rotatable bonds is 8. The maximum absolute atomic E-state index is 11.8. The van der Waals surface area contributed by atoms with E-state index in [0.29, 0.717) is 6.61 Å². The molecule has 0 heterocycles. The molecule has 3 nitrogen and oxygen atoms in total. The summed E-state index contributed by atoms with van der Waals surface area (Å²) in [6.45, 7) is 5.22. The Bertz CT molecular complexity index is 413. The van der Waals surface area contributed by atoms with Crippen LogP contribution in [0.5, 0.6) is 5.75 Å². The van der Waals surface area contributed by atoms with E-state index in [1.807, 2.05) is 25.1 Å². The first-order chi connectivity index (χ1) is 9.06. The Morgan fingerprint density at radius 1 is 1.26 bits per heavy atom. The maximum atomic E-state index is 11.8. The third kappa shape index (κ3) is 5.03. The van der Waals surface area contributed by atoms with Gasteiger partial charge in [0.2, 0.25) is 0 Å². The summed E-state index contributed by atoms with van der Waals surface area (Å²) in [4.78, 5) is 14.0. The SMILES string of the molecule is CCOc1cccc(CCCCN(C)C)c1C(C)=O. The summed E-state index contributed by atoms with van der Waals surface area (Å²) < 4.78 is 5.55. The number of ketones is 1. The number of hydrogen-bond donors (Lipinski definition) is 0. The van der Waals surface area contributed by atoms with Crippen LogP contribution in [0.2, 0.25) is 0 Å². The molecule has 0 spiro atoms. The normalized spacial score (nSPS) is 10.8. The van der Waals surface area contributed by atoms with Gasteiger partial charge < -0.3 is 9.64 Å². The first-order valence-corrected chi connectivity index (χ1v) is 6.96. The van der Waals surface area contributed by atoms with Crippen molar-refractivity contribution in [2.45, 2.75) is 33.1 Å². The van der Waals surface area contributed by atoms with Gasteiger partial charge in [-0.3, -0.25) is 4.79 Å². The van der Waals surface area contributed by atoms with E-state index in [0.717, 1.165) is 42.7 Å². The Labute approximate surface area is 116 Å². The molecule has 19 heavy (non-hydrogen) atoms. The average molecular weight is 263 g/mol. The maximum Gasteiger partial charge on any atom is 0.163 e. The zero-order valence-corrected chi connectivity index (χ0v) is 12.5. The highest BCUT2D eigenvalue weighted by molar-refractivity contribution is 5.98. The predicted molar refractivity (Wildman–Crippen MR) is 79.1 cm³/mol. The highest BCUT2D eigenvalue weighted by Crippen LogP contribution is 2.24. The van der Waals surface area contributed by atoms with E-state index in [-0.39, 0.29) is 5.78 Å². The highest BCUT2D eigenvalue weighted by atomic mass is 16.5. The zero-order chi connectivity index (χ0) is 14.3. The van der Waals surface area contributed by atoms with Crippen LogP contribution in [0, 0.1) is 0 Å². The van der Waals surface area contributed by atoms with Crippen LogP contribution in [0.1, 0.15) is 42.6 Å². The van der Waals surface area contributed by atoms with Crippen molar-refractivity contribution >= 4 is 5.78 Å². The second-order valence-corrected chi connectivity index (χ2v) is 5.04. The van der Waals surface area contributed by atoms with E-state index in [9.17, 15) is 4.79 Å². The van der Waals surface area contributed by atoms with E-state index in [1.165, 1.54) is 0 Å². The van der Waals surface area contributed by atoms with Gasteiger partial charge in [-0.1, -0.05) is 12.1 Å². The van der Waals surface area contributed by atoms with Crippen LogP contribution >= 0.6 is 0 Å². The Kier molecular flexibility index (Phi) is 6.57.